The Bertz CT molecular complexity index is 839. The molecule has 1 heterocycles. The normalized spacial score (nSPS) is 11.1. The molecule has 0 aliphatic heterocycles. The molecule has 1 aromatic carbocycles. The minimum absolute atomic E-state index is 0.0160. The maximum absolute atomic E-state index is 12.1. The van der Waals surface area contributed by atoms with Crippen molar-refractivity contribution >= 4 is 21.7 Å². The zero-order valence-electron chi connectivity index (χ0n) is 13.2. The molecule has 0 saturated heterocycles. The van der Waals surface area contributed by atoms with Gasteiger partial charge in [0.25, 0.3) is 5.91 Å². The fraction of sp³-hybridized carbons (Fsp3) is 0.250. The summed E-state index contributed by atoms with van der Waals surface area (Å²) >= 11 is 0. The Labute approximate surface area is 139 Å². The highest BCUT2D eigenvalue weighted by molar-refractivity contribution is 7.90. The molecular weight excluding hydrogens is 334 g/mol. The van der Waals surface area contributed by atoms with E-state index >= 15 is 0 Å². The maximum atomic E-state index is 12.1. The molecule has 0 aliphatic rings. The molecule has 0 atom stereocenters. The van der Waals surface area contributed by atoms with Crippen LogP contribution in [0.5, 0.6) is 0 Å². The van der Waals surface area contributed by atoms with Gasteiger partial charge in [0.15, 0.2) is 16.4 Å². The van der Waals surface area contributed by atoms with Crippen LogP contribution in [0, 0.1) is 6.92 Å². The van der Waals surface area contributed by atoms with E-state index in [0.717, 1.165) is 6.26 Å². The van der Waals surface area contributed by atoms with Crippen LogP contribution in [0.4, 0.5) is 0 Å². The molecule has 0 bridgehead atoms. The van der Waals surface area contributed by atoms with E-state index in [2.05, 4.69) is 5.32 Å². The van der Waals surface area contributed by atoms with Crippen LogP contribution >= 0.6 is 0 Å². The van der Waals surface area contributed by atoms with Gasteiger partial charge in [-0.3, -0.25) is 4.79 Å². The van der Waals surface area contributed by atoms with Gasteiger partial charge in [-0.1, -0.05) is 6.07 Å². The van der Waals surface area contributed by atoms with Crippen LogP contribution in [0.1, 0.15) is 21.7 Å². The maximum Gasteiger partial charge on any atom is 0.338 e. The first kappa shape index (κ1) is 17.7. The molecule has 128 valence electrons. The van der Waals surface area contributed by atoms with Crippen LogP contribution in [0.25, 0.3) is 0 Å². The Hall–Kier alpha value is -2.61. The number of nitrogens with one attached hydrogen (secondary N) is 1. The van der Waals surface area contributed by atoms with Gasteiger partial charge in [-0.05, 0) is 36.8 Å². The van der Waals surface area contributed by atoms with E-state index in [0.29, 0.717) is 11.3 Å². The van der Waals surface area contributed by atoms with Crippen LogP contribution in [-0.4, -0.2) is 33.2 Å². The largest absolute Gasteiger partial charge is 0.467 e. The minimum atomic E-state index is -3.44. The van der Waals surface area contributed by atoms with Gasteiger partial charge in [-0.25, -0.2) is 13.2 Å². The molecule has 0 fully saturated rings. The molecule has 2 aromatic rings. The number of esters is 1. The first-order valence-corrected chi connectivity index (χ1v) is 8.93. The lowest BCUT2D eigenvalue weighted by Crippen LogP contribution is -2.28. The van der Waals surface area contributed by atoms with Crippen LogP contribution in [0.15, 0.2) is 45.9 Å². The van der Waals surface area contributed by atoms with Gasteiger partial charge in [0.1, 0.15) is 5.76 Å². The lowest BCUT2D eigenvalue weighted by atomic mass is 10.1. The number of rotatable bonds is 6. The van der Waals surface area contributed by atoms with Crippen LogP contribution in [0.3, 0.4) is 0 Å². The summed E-state index contributed by atoms with van der Waals surface area (Å²) in [4.78, 5) is 23.7. The quantitative estimate of drug-likeness (QED) is 0.791. The molecule has 0 spiro atoms. The van der Waals surface area contributed by atoms with E-state index in [-0.39, 0.29) is 17.0 Å². The van der Waals surface area contributed by atoms with E-state index in [9.17, 15) is 18.0 Å². The summed E-state index contributed by atoms with van der Waals surface area (Å²) in [6, 6.07) is 7.57. The summed E-state index contributed by atoms with van der Waals surface area (Å²) in [6.45, 7) is 1.37. The fourth-order valence-electron chi connectivity index (χ4n) is 1.91. The number of carbonyl (C=O) groups excluding carboxylic acids is 2. The third-order valence-electron chi connectivity index (χ3n) is 3.23. The summed E-state index contributed by atoms with van der Waals surface area (Å²) in [5.41, 5.74) is 0.667. The van der Waals surface area contributed by atoms with Gasteiger partial charge < -0.3 is 14.5 Å². The molecule has 0 unspecified atom stereocenters. The topological polar surface area (TPSA) is 103 Å². The average Bonchev–Trinajstić information content (AvgIpc) is 3.03. The van der Waals surface area contributed by atoms with E-state index in [1.54, 1.807) is 19.1 Å². The second kappa shape index (κ2) is 7.31. The predicted molar refractivity (Wildman–Crippen MR) is 85.1 cm³/mol. The van der Waals surface area contributed by atoms with Crippen molar-refractivity contribution in [3.63, 3.8) is 0 Å². The number of carbonyl (C=O) groups is 2. The molecule has 24 heavy (non-hydrogen) atoms. The van der Waals surface area contributed by atoms with E-state index in [1.165, 1.54) is 24.5 Å². The Kier molecular flexibility index (Phi) is 5.40. The zero-order chi connectivity index (χ0) is 17.7. The number of hydrogen-bond acceptors (Lipinski definition) is 6. The Morgan fingerprint density at radius 3 is 2.62 bits per heavy atom. The predicted octanol–water partition coefficient (Wildman–Crippen LogP) is 1.46. The lowest BCUT2D eigenvalue weighted by molar-refractivity contribution is -0.124. The van der Waals surface area contributed by atoms with Crippen molar-refractivity contribution in [3.8, 4) is 0 Å². The number of ether oxygens (including phenoxy) is 1. The molecule has 1 amide bonds. The molecule has 2 rings (SSSR count). The highest BCUT2D eigenvalue weighted by Gasteiger charge is 2.16. The highest BCUT2D eigenvalue weighted by Crippen LogP contribution is 2.16. The SMILES string of the molecule is Cc1ccc(S(C)(=O)=O)cc1C(=O)OCC(=O)NCc1ccco1. The monoisotopic (exact) mass is 351 g/mol. The van der Waals surface area contributed by atoms with Crippen LogP contribution in [-0.2, 0) is 25.9 Å². The Balaban J connectivity index is 1.96. The van der Waals surface area contributed by atoms with Gasteiger partial charge in [0.2, 0.25) is 0 Å². The second-order valence-corrected chi connectivity index (χ2v) is 7.20. The van der Waals surface area contributed by atoms with E-state index in [1.807, 2.05) is 0 Å². The molecule has 0 saturated carbocycles. The summed E-state index contributed by atoms with van der Waals surface area (Å²) in [6.07, 6.45) is 2.54. The number of furan rings is 1. The third kappa shape index (κ3) is 4.69. The van der Waals surface area contributed by atoms with Crippen molar-refractivity contribution in [2.24, 2.45) is 0 Å². The third-order valence-corrected chi connectivity index (χ3v) is 4.34. The smallest absolute Gasteiger partial charge is 0.338 e. The van der Waals surface area contributed by atoms with Crippen LogP contribution in [0.2, 0.25) is 0 Å². The molecule has 7 nitrogen and oxygen atoms in total. The van der Waals surface area contributed by atoms with Crippen LogP contribution < -0.4 is 5.32 Å². The number of hydrogen-bond donors (Lipinski definition) is 1. The standard InChI is InChI=1S/C16H17NO6S/c1-11-5-6-13(24(2,20)21)8-14(11)16(19)23-10-15(18)17-9-12-4-3-7-22-12/h3-8H,9-10H2,1-2H3,(H,17,18). The molecule has 8 heteroatoms. The minimum Gasteiger partial charge on any atom is -0.467 e. The summed E-state index contributed by atoms with van der Waals surface area (Å²) < 4.78 is 33.1. The van der Waals surface area contributed by atoms with Gasteiger partial charge in [-0.15, -0.1) is 0 Å². The average molecular weight is 351 g/mol. The van der Waals surface area contributed by atoms with E-state index in [4.69, 9.17) is 9.15 Å². The number of aryl methyl sites for hydroxylation is 1. The number of amides is 1. The van der Waals surface area contributed by atoms with Crippen molar-refractivity contribution in [3.05, 3.63) is 53.5 Å². The van der Waals surface area contributed by atoms with Gasteiger partial charge in [-0.2, -0.15) is 0 Å². The van der Waals surface area contributed by atoms with Gasteiger partial charge >= 0.3 is 5.97 Å². The second-order valence-electron chi connectivity index (χ2n) is 5.18. The number of sulfone groups is 1. The lowest BCUT2D eigenvalue weighted by Gasteiger charge is -2.09. The Morgan fingerprint density at radius 2 is 2.00 bits per heavy atom. The van der Waals surface area contributed by atoms with Crippen molar-refractivity contribution in [2.75, 3.05) is 12.9 Å². The van der Waals surface area contributed by atoms with Crippen molar-refractivity contribution in [2.45, 2.75) is 18.4 Å². The summed E-state index contributed by atoms with van der Waals surface area (Å²) in [5, 5.41) is 2.54. The summed E-state index contributed by atoms with van der Waals surface area (Å²) in [5.74, 6) is -0.672. The number of benzene rings is 1. The first-order valence-electron chi connectivity index (χ1n) is 7.04. The zero-order valence-corrected chi connectivity index (χ0v) is 14.1. The van der Waals surface area contributed by atoms with Gasteiger partial charge in [0.05, 0.1) is 23.3 Å². The Morgan fingerprint density at radius 1 is 1.25 bits per heavy atom. The van der Waals surface area contributed by atoms with Crippen molar-refractivity contribution < 1.29 is 27.2 Å². The highest BCUT2D eigenvalue weighted by atomic mass is 32.2. The molecule has 1 aromatic heterocycles. The molecule has 0 aliphatic carbocycles. The van der Waals surface area contributed by atoms with Crippen molar-refractivity contribution in [1.29, 1.82) is 0 Å². The summed E-state index contributed by atoms with van der Waals surface area (Å²) in [7, 11) is -3.44. The van der Waals surface area contributed by atoms with Gasteiger partial charge in [0, 0.05) is 6.26 Å². The van der Waals surface area contributed by atoms with Crippen molar-refractivity contribution in [1.82, 2.24) is 5.32 Å². The molecule has 0 radical (unpaired) electrons. The van der Waals surface area contributed by atoms with E-state index < -0.39 is 28.3 Å². The fourth-order valence-corrected chi connectivity index (χ4v) is 2.56. The molecular formula is C16H17NO6S. The first-order chi connectivity index (χ1) is 11.3. The molecule has 1 N–H and O–H groups in total.